The summed E-state index contributed by atoms with van der Waals surface area (Å²) in [7, 11) is 0. The first kappa shape index (κ1) is 11.9. The Morgan fingerprint density at radius 1 is 1.29 bits per heavy atom. The molecule has 2 N–H and O–H groups in total. The molecule has 0 radical (unpaired) electrons. The maximum atomic E-state index is 12.6. The molecule has 0 aromatic rings. The third-order valence-corrected chi connectivity index (χ3v) is 3.59. The van der Waals surface area contributed by atoms with Crippen molar-refractivity contribution in [1.82, 2.24) is 0 Å². The summed E-state index contributed by atoms with van der Waals surface area (Å²) in [4.78, 5) is 0. The predicted molar refractivity (Wildman–Crippen MR) is 54.3 cm³/mol. The van der Waals surface area contributed by atoms with Crippen molar-refractivity contribution in [2.75, 3.05) is 6.54 Å². The molecule has 1 rings (SSSR count). The van der Waals surface area contributed by atoms with Gasteiger partial charge in [-0.25, -0.2) is 8.78 Å². The van der Waals surface area contributed by atoms with Gasteiger partial charge in [-0.1, -0.05) is 13.8 Å². The minimum atomic E-state index is -2.24. The van der Waals surface area contributed by atoms with Gasteiger partial charge in [0.05, 0.1) is 0 Å². The first-order valence-electron chi connectivity index (χ1n) is 5.44. The number of rotatable bonds is 3. The summed E-state index contributed by atoms with van der Waals surface area (Å²) in [5.41, 5.74) is 5.74. The molecule has 0 aromatic heterocycles. The van der Waals surface area contributed by atoms with Crippen molar-refractivity contribution in [3.8, 4) is 0 Å². The zero-order chi connectivity index (χ0) is 10.8. The molecular weight excluding hydrogens is 184 g/mol. The predicted octanol–water partition coefficient (Wildman–Crippen LogP) is 3.04. The zero-order valence-corrected chi connectivity index (χ0v) is 9.10. The minimum absolute atomic E-state index is 0.128. The van der Waals surface area contributed by atoms with Crippen molar-refractivity contribution in [3.63, 3.8) is 0 Å². The average molecular weight is 205 g/mol. The maximum Gasteiger partial charge on any atom is 0.242 e. The molecular formula is C11H21F2N. The third-order valence-electron chi connectivity index (χ3n) is 3.59. The van der Waals surface area contributed by atoms with Crippen molar-refractivity contribution in [3.05, 3.63) is 0 Å². The highest BCUT2D eigenvalue weighted by Crippen LogP contribution is 2.41. The van der Waals surface area contributed by atoms with Gasteiger partial charge in [0.25, 0.3) is 0 Å². The molecule has 0 spiro atoms. The lowest BCUT2D eigenvalue weighted by Gasteiger charge is -2.37. The van der Waals surface area contributed by atoms with Gasteiger partial charge in [-0.3, -0.25) is 0 Å². The van der Waals surface area contributed by atoms with Crippen molar-refractivity contribution in [2.45, 2.75) is 46.0 Å². The van der Waals surface area contributed by atoms with E-state index in [2.05, 4.69) is 13.8 Å². The van der Waals surface area contributed by atoms with Crippen LogP contribution in [0.2, 0.25) is 0 Å². The van der Waals surface area contributed by atoms with E-state index in [4.69, 9.17) is 5.73 Å². The molecule has 3 heteroatoms. The van der Waals surface area contributed by atoms with E-state index in [0.29, 0.717) is 5.41 Å². The Hall–Kier alpha value is -0.180. The Morgan fingerprint density at radius 3 is 2.14 bits per heavy atom. The Balaban J connectivity index is 2.47. The van der Waals surface area contributed by atoms with Crippen LogP contribution in [0.5, 0.6) is 0 Å². The molecule has 1 nitrogen and oxygen atoms in total. The molecule has 84 valence electrons. The monoisotopic (exact) mass is 205 g/mol. The molecule has 1 aliphatic rings. The molecule has 1 fully saturated rings. The number of halogens is 2. The Labute approximate surface area is 85.1 Å². The lowest BCUT2D eigenvalue weighted by molar-refractivity contribution is 0.0228. The molecule has 0 aliphatic heterocycles. The van der Waals surface area contributed by atoms with Gasteiger partial charge in [-0.2, -0.15) is 0 Å². The van der Waals surface area contributed by atoms with Crippen molar-refractivity contribution in [2.24, 2.45) is 23.0 Å². The van der Waals surface area contributed by atoms with Crippen molar-refractivity contribution in [1.29, 1.82) is 0 Å². The minimum Gasteiger partial charge on any atom is -0.330 e. The molecule has 1 aliphatic carbocycles. The lowest BCUT2D eigenvalue weighted by Crippen LogP contribution is -2.34. The first-order chi connectivity index (χ1) is 6.46. The summed E-state index contributed by atoms with van der Waals surface area (Å²) in [6, 6.07) is 0. The summed E-state index contributed by atoms with van der Waals surface area (Å²) < 4.78 is 25.2. The van der Waals surface area contributed by atoms with Crippen molar-refractivity contribution < 1.29 is 8.78 Å². The second-order valence-corrected chi connectivity index (χ2v) is 5.24. The molecule has 1 saturated carbocycles. The second-order valence-electron chi connectivity index (χ2n) is 5.24. The van der Waals surface area contributed by atoms with Crippen LogP contribution in [0.3, 0.4) is 0 Å². The van der Waals surface area contributed by atoms with Crippen LogP contribution in [0.1, 0.15) is 39.5 Å². The van der Waals surface area contributed by atoms with Gasteiger partial charge in [0.1, 0.15) is 0 Å². The zero-order valence-electron chi connectivity index (χ0n) is 9.10. The number of hydrogen-bond acceptors (Lipinski definition) is 1. The van der Waals surface area contributed by atoms with Gasteiger partial charge in [0.2, 0.25) is 6.43 Å². The SMILES string of the molecule is CC1(C)CCC(C(CN)C(F)F)CC1. The molecule has 14 heavy (non-hydrogen) atoms. The van der Waals surface area contributed by atoms with Gasteiger partial charge in [-0.05, 0) is 37.0 Å². The van der Waals surface area contributed by atoms with E-state index in [1.54, 1.807) is 0 Å². The molecule has 0 aromatic carbocycles. The number of alkyl halides is 2. The van der Waals surface area contributed by atoms with Crippen LogP contribution in [-0.4, -0.2) is 13.0 Å². The number of nitrogens with two attached hydrogens (primary N) is 1. The molecule has 0 amide bonds. The van der Waals surface area contributed by atoms with Crippen LogP contribution in [-0.2, 0) is 0 Å². The smallest absolute Gasteiger partial charge is 0.242 e. The molecule has 0 heterocycles. The Bertz CT molecular complexity index is 170. The third kappa shape index (κ3) is 2.91. The van der Waals surface area contributed by atoms with Gasteiger partial charge < -0.3 is 5.73 Å². The fourth-order valence-electron chi connectivity index (χ4n) is 2.35. The van der Waals surface area contributed by atoms with E-state index in [9.17, 15) is 8.78 Å². The maximum absolute atomic E-state index is 12.6. The Kier molecular flexibility index (Phi) is 3.87. The van der Waals surface area contributed by atoms with Crippen LogP contribution >= 0.6 is 0 Å². The molecule has 1 atom stereocenters. The van der Waals surface area contributed by atoms with E-state index < -0.39 is 12.3 Å². The van der Waals surface area contributed by atoms with E-state index >= 15 is 0 Å². The average Bonchev–Trinajstić information content (AvgIpc) is 2.08. The summed E-state index contributed by atoms with van der Waals surface area (Å²) in [5, 5.41) is 0. The summed E-state index contributed by atoms with van der Waals surface area (Å²) in [6.45, 7) is 4.55. The van der Waals surface area contributed by atoms with Gasteiger partial charge in [-0.15, -0.1) is 0 Å². The highest BCUT2D eigenvalue weighted by molar-refractivity contribution is 4.83. The van der Waals surface area contributed by atoms with Crippen LogP contribution in [0.15, 0.2) is 0 Å². The van der Waals surface area contributed by atoms with E-state index in [0.717, 1.165) is 25.7 Å². The summed E-state index contributed by atoms with van der Waals surface area (Å²) in [5.74, 6) is -0.431. The summed E-state index contributed by atoms with van der Waals surface area (Å²) in [6.07, 6.45) is 1.70. The highest BCUT2D eigenvalue weighted by atomic mass is 19.3. The Morgan fingerprint density at radius 2 is 1.79 bits per heavy atom. The quantitative estimate of drug-likeness (QED) is 0.753. The van der Waals surface area contributed by atoms with Gasteiger partial charge >= 0.3 is 0 Å². The van der Waals surface area contributed by atoms with Gasteiger partial charge in [0.15, 0.2) is 0 Å². The fraction of sp³-hybridized carbons (Fsp3) is 1.00. The lowest BCUT2D eigenvalue weighted by atomic mass is 9.69. The normalized spacial score (nSPS) is 25.3. The van der Waals surface area contributed by atoms with Gasteiger partial charge in [0, 0.05) is 12.5 Å². The number of hydrogen-bond donors (Lipinski definition) is 1. The first-order valence-corrected chi connectivity index (χ1v) is 5.44. The standard InChI is InChI=1S/C11H21F2N/c1-11(2)5-3-8(4-6-11)9(7-14)10(12)13/h8-10H,3-7,14H2,1-2H3. The summed E-state index contributed by atoms with van der Waals surface area (Å²) >= 11 is 0. The fourth-order valence-corrected chi connectivity index (χ4v) is 2.35. The molecule has 1 unspecified atom stereocenters. The van der Waals surface area contributed by atoms with Crippen LogP contribution in [0, 0.1) is 17.3 Å². The van der Waals surface area contributed by atoms with Crippen LogP contribution in [0.4, 0.5) is 8.78 Å². The van der Waals surface area contributed by atoms with Crippen LogP contribution in [0.25, 0.3) is 0 Å². The topological polar surface area (TPSA) is 26.0 Å². The largest absolute Gasteiger partial charge is 0.330 e. The molecule has 0 saturated heterocycles. The molecule has 0 bridgehead atoms. The van der Waals surface area contributed by atoms with E-state index in [1.807, 2.05) is 0 Å². The highest BCUT2D eigenvalue weighted by Gasteiger charge is 2.34. The van der Waals surface area contributed by atoms with E-state index in [-0.39, 0.29) is 12.5 Å². The second kappa shape index (κ2) is 4.56. The van der Waals surface area contributed by atoms with Crippen LogP contribution < -0.4 is 5.73 Å². The van der Waals surface area contributed by atoms with Crippen molar-refractivity contribution >= 4 is 0 Å². The van der Waals surface area contributed by atoms with E-state index in [1.165, 1.54) is 0 Å².